The zero-order chi connectivity index (χ0) is 12.4. The van der Waals surface area contributed by atoms with Gasteiger partial charge >= 0.3 is 0 Å². The maximum Gasteiger partial charge on any atom is 0.165 e. The minimum absolute atomic E-state index is 0.231. The normalized spacial score (nSPS) is 24.6. The summed E-state index contributed by atoms with van der Waals surface area (Å²) in [5.74, 6) is 1.32. The molecule has 0 heterocycles. The van der Waals surface area contributed by atoms with Crippen molar-refractivity contribution in [3.05, 3.63) is 29.3 Å². The number of nitrogens with two attached hydrogens (primary N) is 1. The van der Waals surface area contributed by atoms with E-state index in [2.05, 4.69) is 6.92 Å². The molecule has 17 heavy (non-hydrogen) atoms. The van der Waals surface area contributed by atoms with E-state index in [0.29, 0.717) is 5.78 Å². The van der Waals surface area contributed by atoms with Crippen molar-refractivity contribution >= 4 is 11.5 Å². The van der Waals surface area contributed by atoms with Gasteiger partial charge in [0.2, 0.25) is 0 Å². The molecule has 0 unspecified atom stereocenters. The molecule has 2 N–H and O–H groups in total. The third kappa shape index (κ3) is 2.68. The second-order valence-electron chi connectivity index (χ2n) is 5.39. The molecule has 2 nitrogen and oxygen atoms in total. The monoisotopic (exact) mass is 231 g/mol. The summed E-state index contributed by atoms with van der Waals surface area (Å²) < 4.78 is 0. The van der Waals surface area contributed by atoms with E-state index >= 15 is 0 Å². The number of anilines is 1. The highest BCUT2D eigenvalue weighted by molar-refractivity contribution is 5.98. The standard InChI is InChI=1S/C15H21NO/c1-10-3-5-12(6-4-10)15(17)13-7-8-14(16)11(2)9-13/h7-10,12H,3-6,16H2,1-2H3. The van der Waals surface area contributed by atoms with Crippen LogP contribution in [0, 0.1) is 18.8 Å². The maximum atomic E-state index is 12.3. The van der Waals surface area contributed by atoms with Gasteiger partial charge in [-0.15, -0.1) is 0 Å². The van der Waals surface area contributed by atoms with Gasteiger partial charge in [0.15, 0.2) is 5.78 Å². The smallest absolute Gasteiger partial charge is 0.165 e. The molecule has 0 atom stereocenters. The third-order valence-corrected chi connectivity index (χ3v) is 3.94. The lowest BCUT2D eigenvalue weighted by molar-refractivity contribution is 0.0875. The first-order chi connectivity index (χ1) is 8.08. The van der Waals surface area contributed by atoms with E-state index in [9.17, 15) is 4.79 Å². The van der Waals surface area contributed by atoms with Gasteiger partial charge in [-0.3, -0.25) is 4.79 Å². The fraction of sp³-hybridized carbons (Fsp3) is 0.533. The first-order valence-electron chi connectivity index (χ1n) is 6.48. The van der Waals surface area contributed by atoms with Crippen molar-refractivity contribution in [2.45, 2.75) is 39.5 Å². The Hall–Kier alpha value is -1.31. The molecule has 1 aliphatic carbocycles. The average molecular weight is 231 g/mol. The highest BCUT2D eigenvalue weighted by atomic mass is 16.1. The number of hydrogen-bond donors (Lipinski definition) is 1. The van der Waals surface area contributed by atoms with E-state index in [0.717, 1.165) is 35.6 Å². The highest BCUT2D eigenvalue weighted by Crippen LogP contribution is 2.31. The minimum Gasteiger partial charge on any atom is -0.399 e. The summed E-state index contributed by atoms with van der Waals surface area (Å²) in [6, 6.07) is 5.63. The van der Waals surface area contributed by atoms with Crippen LogP contribution in [0.4, 0.5) is 5.69 Å². The molecule has 0 radical (unpaired) electrons. The van der Waals surface area contributed by atoms with Crippen LogP contribution < -0.4 is 5.73 Å². The van der Waals surface area contributed by atoms with Crippen molar-refractivity contribution < 1.29 is 4.79 Å². The topological polar surface area (TPSA) is 43.1 Å². The molecule has 2 rings (SSSR count). The molecular weight excluding hydrogens is 210 g/mol. The molecule has 1 fully saturated rings. The van der Waals surface area contributed by atoms with Crippen molar-refractivity contribution in [1.29, 1.82) is 0 Å². The number of benzene rings is 1. The van der Waals surface area contributed by atoms with Crippen LogP contribution in [0.5, 0.6) is 0 Å². The summed E-state index contributed by atoms with van der Waals surface area (Å²) in [4.78, 5) is 12.3. The number of carbonyl (C=O) groups excluding carboxylic acids is 1. The molecule has 1 saturated carbocycles. The molecule has 1 aromatic rings. The SMILES string of the molecule is Cc1cc(C(=O)C2CCC(C)CC2)ccc1N. The number of carbonyl (C=O) groups is 1. The van der Waals surface area contributed by atoms with Crippen LogP contribution in [0.1, 0.15) is 48.5 Å². The molecule has 0 amide bonds. The molecule has 1 aliphatic rings. The molecule has 1 aromatic carbocycles. The van der Waals surface area contributed by atoms with Gasteiger partial charge in [0.1, 0.15) is 0 Å². The largest absolute Gasteiger partial charge is 0.399 e. The second-order valence-corrected chi connectivity index (χ2v) is 5.39. The minimum atomic E-state index is 0.231. The summed E-state index contributed by atoms with van der Waals surface area (Å²) in [6.07, 6.45) is 4.46. The average Bonchev–Trinajstić information content (AvgIpc) is 2.33. The lowest BCUT2D eigenvalue weighted by atomic mass is 9.79. The van der Waals surface area contributed by atoms with Crippen molar-refractivity contribution in [2.75, 3.05) is 5.73 Å². The highest BCUT2D eigenvalue weighted by Gasteiger charge is 2.25. The zero-order valence-corrected chi connectivity index (χ0v) is 10.7. The quantitative estimate of drug-likeness (QED) is 0.624. The van der Waals surface area contributed by atoms with Gasteiger partial charge in [-0.05, 0) is 49.4 Å². The summed E-state index contributed by atoms with van der Waals surface area (Å²) in [5, 5.41) is 0. The third-order valence-electron chi connectivity index (χ3n) is 3.94. The van der Waals surface area contributed by atoms with Gasteiger partial charge in [0.25, 0.3) is 0 Å². The van der Waals surface area contributed by atoms with Gasteiger partial charge in [0.05, 0.1) is 0 Å². The summed E-state index contributed by atoms with van der Waals surface area (Å²) in [6.45, 7) is 4.23. The molecule has 0 bridgehead atoms. The number of aryl methyl sites for hydroxylation is 1. The van der Waals surface area contributed by atoms with Crippen molar-refractivity contribution in [2.24, 2.45) is 11.8 Å². The van der Waals surface area contributed by atoms with E-state index in [1.54, 1.807) is 0 Å². The molecule has 92 valence electrons. The van der Waals surface area contributed by atoms with E-state index in [4.69, 9.17) is 5.73 Å². The Bertz CT molecular complexity index is 417. The zero-order valence-electron chi connectivity index (χ0n) is 10.7. The number of nitrogen functional groups attached to an aromatic ring is 1. The fourth-order valence-corrected chi connectivity index (χ4v) is 2.59. The predicted octanol–water partition coefficient (Wildman–Crippen LogP) is 3.59. The van der Waals surface area contributed by atoms with Crippen LogP contribution in [-0.2, 0) is 0 Å². The van der Waals surface area contributed by atoms with E-state index in [1.165, 1.54) is 12.8 Å². The van der Waals surface area contributed by atoms with Gasteiger partial charge < -0.3 is 5.73 Å². The molecule has 0 saturated heterocycles. The summed E-state index contributed by atoms with van der Waals surface area (Å²) in [5.41, 5.74) is 8.37. The van der Waals surface area contributed by atoms with E-state index in [1.807, 2.05) is 25.1 Å². The fourth-order valence-electron chi connectivity index (χ4n) is 2.59. The Morgan fingerprint density at radius 1 is 1.24 bits per heavy atom. The van der Waals surface area contributed by atoms with Crippen LogP contribution in [-0.4, -0.2) is 5.78 Å². The van der Waals surface area contributed by atoms with Crippen LogP contribution >= 0.6 is 0 Å². The van der Waals surface area contributed by atoms with E-state index < -0.39 is 0 Å². The number of rotatable bonds is 2. The van der Waals surface area contributed by atoms with Gasteiger partial charge in [-0.25, -0.2) is 0 Å². The van der Waals surface area contributed by atoms with Gasteiger partial charge in [-0.1, -0.05) is 19.8 Å². The molecule has 2 heteroatoms. The van der Waals surface area contributed by atoms with Crippen molar-refractivity contribution in [3.63, 3.8) is 0 Å². The second kappa shape index (κ2) is 4.91. The first-order valence-corrected chi connectivity index (χ1v) is 6.48. The van der Waals surface area contributed by atoms with Crippen molar-refractivity contribution in [3.8, 4) is 0 Å². The van der Waals surface area contributed by atoms with Gasteiger partial charge in [0, 0.05) is 17.2 Å². The Morgan fingerprint density at radius 3 is 2.47 bits per heavy atom. The van der Waals surface area contributed by atoms with Crippen molar-refractivity contribution in [1.82, 2.24) is 0 Å². The number of Topliss-reactive ketones (excluding diaryl/α,β-unsaturated/α-hetero) is 1. The van der Waals surface area contributed by atoms with Gasteiger partial charge in [-0.2, -0.15) is 0 Å². The Kier molecular flexibility index (Phi) is 3.51. The maximum absolute atomic E-state index is 12.3. The number of ketones is 1. The van der Waals surface area contributed by atoms with Crippen LogP contribution in [0.3, 0.4) is 0 Å². The summed E-state index contributed by atoms with van der Waals surface area (Å²) >= 11 is 0. The Balaban J connectivity index is 2.11. The Labute approximate surface area is 103 Å². The van der Waals surface area contributed by atoms with E-state index in [-0.39, 0.29) is 5.92 Å². The molecular formula is C15H21NO. The summed E-state index contributed by atoms with van der Waals surface area (Å²) in [7, 11) is 0. The Morgan fingerprint density at radius 2 is 1.88 bits per heavy atom. The van der Waals surface area contributed by atoms with Crippen LogP contribution in [0.15, 0.2) is 18.2 Å². The number of hydrogen-bond acceptors (Lipinski definition) is 2. The van der Waals surface area contributed by atoms with Crippen LogP contribution in [0.2, 0.25) is 0 Å². The molecule has 0 spiro atoms. The lowest BCUT2D eigenvalue weighted by Crippen LogP contribution is -2.21. The lowest BCUT2D eigenvalue weighted by Gasteiger charge is -2.25. The molecule has 0 aliphatic heterocycles. The first kappa shape index (κ1) is 12.2. The van der Waals surface area contributed by atoms with Crippen LogP contribution in [0.25, 0.3) is 0 Å². The predicted molar refractivity (Wildman–Crippen MR) is 71.0 cm³/mol. The molecule has 0 aromatic heterocycles.